The van der Waals surface area contributed by atoms with E-state index in [0.29, 0.717) is 22.1 Å². The van der Waals surface area contributed by atoms with Crippen molar-refractivity contribution < 1.29 is 17.9 Å². The second-order valence-corrected chi connectivity index (χ2v) is 8.31. The number of ether oxygens (including phenoxy) is 1. The van der Waals surface area contributed by atoms with Crippen LogP contribution in [0.25, 0.3) is 0 Å². The summed E-state index contributed by atoms with van der Waals surface area (Å²) in [5.41, 5.74) is 1.91. The molecule has 1 amide bonds. The zero-order chi connectivity index (χ0) is 19.5. The maximum absolute atomic E-state index is 12.3. The van der Waals surface area contributed by atoms with Crippen LogP contribution >= 0.6 is 11.6 Å². The molecule has 0 radical (unpaired) electrons. The van der Waals surface area contributed by atoms with Crippen LogP contribution in [0.2, 0.25) is 5.02 Å². The summed E-state index contributed by atoms with van der Waals surface area (Å²) in [6, 6.07) is 11.7. The number of nitrogens with one attached hydrogen (secondary N) is 1. The summed E-state index contributed by atoms with van der Waals surface area (Å²) in [7, 11) is -1.86. The van der Waals surface area contributed by atoms with E-state index in [9.17, 15) is 13.2 Å². The van der Waals surface area contributed by atoms with E-state index in [1.165, 1.54) is 7.05 Å². The molecule has 2 aromatic carbocycles. The zero-order valence-corrected chi connectivity index (χ0v) is 16.6. The van der Waals surface area contributed by atoms with E-state index in [2.05, 4.69) is 5.32 Å². The molecular weight excluding hydrogens is 376 g/mol. The predicted molar refractivity (Wildman–Crippen MR) is 105 cm³/mol. The van der Waals surface area contributed by atoms with Crippen molar-refractivity contribution in [1.29, 1.82) is 0 Å². The fraction of sp³-hybridized carbons (Fsp3) is 0.278. The molecule has 1 atom stereocenters. The van der Waals surface area contributed by atoms with Crippen molar-refractivity contribution in [3.63, 3.8) is 0 Å². The molecular formula is C18H21ClN2O4S. The van der Waals surface area contributed by atoms with E-state index < -0.39 is 16.1 Å². The summed E-state index contributed by atoms with van der Waals surface area (Å²) in [5, 5.41) is 3.36. The van der Waals surface area contributed by atoms with Crippen molar-refractivity contribution in [2.75, 3.05) is 22.9 Å². The molecule has 0 heterocycles. The summed E-state index contributed by atoms with van der Waals surface area (Å²) in [6.45, 7) is 3.45. The summed E-state index contributed by atoms with van der Waals surface area (Å²) in [6.07, 6.45) is 0.383. The molecule has 0 saturated heterocycles. The van der Waals surface area contributed by atoms with Gasteiger partial charge >= 0.3 is 0 Å². The molecule has 26 heavy (non-hydrogen) atoms. The van der Waals surface area contributed by atoms with Gasteiger partial charge in [0, 0.05) is 17.8 Å². The first-order valence-electron chi connectivity index (χ1n) is 7.86. The third-order valence-corrected chi connectivity index (χ3v) is 5.52. The lowest BCUT2D eigenvalue weighted by molar-refractivity contribution is -0.122. The van der Waals surface area contributed by atoms with Crippen molar-refractivity contribution >= 4 is 38.9 Å². The highest BCUT2D eigenvalue weighted by molar-refractivity contribution is 7.92. The molecule has 0 spiro atoms. The monoisotopic (exact) mass is 396 g/mol. The molecule has 6 nitrogen and oxygen atoms in total. The van der Waals surface area contributed by atoms with Crippen LogP contribution in [0, 0.1) is 6.92 Å². The highest BCUT2D eigenvalue weighted by Gasteiger charge is 2.17. The van der Waals surface area contributed by atoms with E-state index in [1.807, 2.05) is 6.92 Å². The lowest BCUT2D eigenvalue weighted by Crippen LogP contribution is -2.30. The Hall–Kier alpha value is -2.25. The normalized spacial score (nSPS) is 12.3. The number of sulfonamides is 1. The first-order chi connectivity index (χ1) is 12.1. The van der Waals surface area contributed by atoms with Crippen LogP contribution < -0.4 is 14.4 Å². The standard InChI is InChI=1S/C18H21ClN2O4S/c1-12-16(19)6-5-7-17(12)20-18(22)13(2)25-15-10-8-14(9-11-15)21(3)26(4,23)24/h5-11,13H,1-4H3,(H,20,22)/t13-/m1/s1. The third kappa shape index (κ3) is 4.89. The molecule has 8 heteroatoms. The minimum Gasteiger partial charge on any atom is -0.481 e. The predicted octanol–water partition coefficient (Wildman–Crippen LogP) is 3.45. The molecule has 0 unspecified atom stereocenters. The Bertz CT molecular complexity index is 898. The Morgan fingerprint density at radius 3 is 2.38 bits per heavy atom. The summed E-state index contributed by atoms with van der Waals surface area (Å²) in [4.78, 5) is 12.3. The summed E-state index contributed by atoms with van der Waals surface area (Å²) < 4.78 is 29.9. The number of halogens is 1. The molecule has 0 aliphatic heterocycles. The first kappa shape index (κ1) is 20.1. The first-order valence-corrected chi connectivity index (χ1v) is 10.1. The van der Waals surface area contributed by atoms with Gasteiger partial charge in [-0.05, 0) is 55.8 Å². The number of amides is 1. The van der Waals surface area contributed by atoms with Crippen LogP contribution in [0.5, 0.6) is 5.75 Å². The molecule has 0 fully saturated rings. The number of benzene rings is 2. The molecule has 0 aliphatic rings. The number of anilines is 2. The molecule has 0 aromatic heterocycles. The van der Waals surface area contributed by atoms with E-state index in [1.54, 1.807) is 49.4 Å². The van der Waals surface area contributed by atoms with Crippen molar-refractivity contribution in [1.82, 2.24) is 0 Å². The number of hydrogen-bond donors (Lipinski definition) is 1. The average Bonchev–Trinajstić information content (AvgIpc) is 2.58. The van der Waals surface area contributed by atoms with Crippen LogP contribution in [0.1, 0.15) is 12.5 Å². The largest absolute Gasteiger partial charge is 0.481 e. The fourth-order valence-corrected chi connectivity index (χ4v) is 2.84. The fourth-order valence-electron chi connectivity index (χ4n) is 2.16. The van der Waals surface area contributed by atoms with Crippen molar-refractivity contribution in [2.24, 2.45) is 0 Å². The topological polar surface area (TPSA) is 75.7 Å². The van der Waals surface area contributed by atoms with Crippen LogP contribution in [0.3, 0.4) is 0 Å². The quantitative estimate of drug-likeness (QED) is 0.811. The van der Waals surface area contributed by atoms with Crippen LogP contribution in [0.15, 0.2) is 42.5 Å². The molecule has 2 aromatic rings. The van der Waals surface area contributed by atoms with Gasteiger partial charge in [0.2, 0.25) is 10.0 Å². The van der Waals surface area contributed by atoms with Gasteiger partial charge in [0.15, 0.2) is 6.10 Å². The van der Waals surface area contributed by atoms with Gasteiger partial charge in [-0.3, -0.25) is 9.10 Å². The van der Waals surface area contributed by atoms with E-state index >= 15 is 0 Å². The zero-order valence-electron chi connectivity index (χ0n) is 15.0. The van der Waals surface area contributed by atoms with Crippen molar-refractivity contribution in [2.45, 2.75) is 20.0 Å². The Balaban J connectivity index is 2.04. The van der Waals surface area contributed by atoms with Crippen LogP contribution in [-0.4, -0.2) is 33.7 Å². The van der Waals surface area contributed by atoms with Gasteiger partial charge in [0.25, 0.3) is 5.91 Å². The average molecular weight is 397 g/mol. The van der Waals surface area contributed by atoms with Gasteiger partial charge in [-0.1, -0.05) is 17.7 Å². The van der Waals surface area contributed by atoms with Crippen LogP contribution in [-0.2, 0) is 14.8 Å². The lowest BCUT2D eigenvalue weighted by atomic mass is 10.2. The van der Waals surface area contributed by atoms with Crippen LogP contribution in [0.4, 0.5) is 11.4 Å². The third-order valence-electron chi connectivity index (χ3n) is 3.91. The van der Waals surface area contributed by atoms with Gasteiger partial charge in [-0.15, -0.1) is 0 Å². The molecule has 0 aliphatic carbocycles. The number of carbonyl (C=O) groups is 1. The van der Waals surface area contributed by atoms with E-state index in [4.69, 9.17) is 16.3 Å². The minimum atomic E-state index is -3.33. The Labute approximate surface area is 158 Å². The smallest absolute Gasteiger partial charge is 0.265 e. The number of carbonyl (C=O) groups excluding carboxylic acids is 1. The molecule has 0 bridgehead atoms. The second-order valence-electron chi connectivity index (χ2n) is 5.89. The SMILES string of the molecule is Cc1c(Cl)cccc1NC(=O)[C@@H](C)Oc1ccc(N(C)S(C)(=O)=O)cc1. The molecule has 0 saturated carbocycles. The van der Waals surface area contributed by atoms with E-state index in [0.717, 1.165) is 16.1 Å². The Kier molecular flexibility index (Phi) is 6.15. The van der Waals surface area contributed by atoms with Crippen molar-refractivity contribution in [3.05, 3.63) is 53.1 Å². The molecule has 2 rings (SSSR count). The maximum Gasteiger partial charge on any atom is 0.265 e. The number of hydrogen-bond acceptors (Lipinski definition) is 4. The van der Waals surface area contributed by atoms with E-state index in [-0.39, 0.29) is 5.91 Å². The number of rotatable bonds is 6. The Morgan fingerprint density at radius 2 is 1.81 bits per heavy atom. The minimum absolute atomic E-state index is 0.312. The second kappa shape index (κ2) is 7.97. The number of nitrogens with zero attached hydrogens (tertiary/aromatic N) is 1. The van der Waals surface area contributed by atoms with Gasteiger partial charge in [-0.2, -0.15) is 0 Å². The van der Waals surface area contributed by atoms with Gasteiger partial charge in [0.05, 0.1) is 11.9 Å². The Morgan fingerprint density at radius 1 is 1.19 bits per heavy atom. The maximum atomic E-state index is 12.3. The van der Waals surface area contributed by atoms with Crippen molar-refractivity contribution in [3.8, 4) is 5.75 Å². The van der Waals surface area contributed by atoms with Gasteiger partial charge < -0.3 is 10.1 Å². The highest BCUT2D eigenvalue weighted by Crippen LogP contribution is 2.24. The molecule has 140 valence electrons. The lowest BCUT2D eigenvalue weighted by Gasteiger charge is -2.18. The molecule has 1 N–H and O–H groups in total. The highest BCUT2D eigenvalue weighted by atomic mass is 35.5. The van der Waals surface area contributed by atoms with Gasteiger partial charge in [0.1, 0.15) is 5.75 Å². The summed E-state index contributed by atoms with van der Waals surface area (Å²) >= 11 is 6.05. The van der Waals surface area contributed by atoms with Gasteiger partial charge in [-0.25, -0.2) is 8.42 Å². The summed E-state index contributed by atoms with van der Waals surface area (Å²) in [5.74, 6) is 0.147.